The summed E-state index contributed by atoms with van der Waals surface area (Å²) in [6, 6.07) is 3.68. The zero-order valence-corrected chi connectivity index (χ0v) is 19.0. The van der Waals surface area contributed by atoms with Gasteiger partial charge in [0.1, 0.15) is 28.8 Å². The fourth-order valence-corrected chi connectivity index (χ4v) is 5.94. The van der Waals surface area contributed by atoms with Gasteiger partial charge in [0.05, 0.1) is 35.0 Å². The number of fused-ring (bicyclic) bond motifs is 4. The second-order valence-electron chi connectivity index (χ2n) is 7.26. The highest BCUT2D eigenvalue weighted by Crippen LogP contribution is 2.41. The van der Waals surface area contributed by atoms with E-state index >= 15 is 0 Å². The Balaban J connectivity index is 1.49. The molecule has 1 aliphatic rings. The number of aromatic nitrogens is 3. The molecule has 1 unspecified atom stereocenters. The Morgan fingerprint density at radius 1 is 1.31 bits per heavy atom. The molecule has 32 heavy (non-hydrogen) atoms. The Hall–Kier alpha value is -3.18. The molecule has 0 saturated carbocycles. The van der Waals surface area contributed by atoms with Gasteiger partial charge in [-0.05, 0) is 31.4 Å². The average molecular weight is 473 g/mol. The van der Waals surface area contributed by atoms with E-state index in [1.54, 1.807) is 31.4 Å². The van der Waals surface area contributed by atoms with Gasteiger partial charge in [-0.15, -0.1) is 11.3 Å². The molecular weight excluding hydrogens is 452 g/mol. The first-order chi connectivity index (χ1) is 15.6. The molecule has 5 rings (SSSR count). The number of methoxy groups -OCH3 is 1. The topological polar surface area (TPSA) is 115 Å². The van der Waals surface area contributed by atoms with Crippen LogP contribution in [0.2, 0.25) is 0 Å². The molecule has 4 aromatic rings. The van der Waals surface area contributed by atoms with Crippen LogP contribution < -0.4 is 14.9 Å². The highest BCUT2D eigenvalue weighted by molar-refractivity contribution is 7.19. The summed E-state index contributed by atoms with van der Waals surface area (Å²) < 4.78 is 16.7. The van der Waals surface area contributed by atoms with Gasteiger partial charge in [-0.3, -0.25) is 4.79 Å². The van der Waals surface area contributed by atoms with Crippen molar-refractivity contribution >= 4 is 60.8 Å². The number of H-pyrrole nitrogens is 1. The summed E-state index contributed by atoms with van der Waals surface area (Å²) in [4.78, 5) is 37.1. The van der Waals surface area contributed by atoms with Crippen molar-refractivity contribution in [2.24, 2.45) is 0 Å². The average Bonchev–Trinajstić information content (AvgIpc) is 3.32. The summed E-state index contributed by atoms with van der Waals surface area (Å²) in [7, 11) is 1.59. The maximum Gasteiger partial charge on any atom is 0.508 e. The molecule has 0 saturated heterocycles. The van der Waals surface area contributed by atoms with Crippen molar-refractivity contribution in [2.75, 3.05) is 19.0 Å². The lowest BCUT2D eigenvalue weighted by Crippen LogP contribution is -2.25. The lowest BCUT2D eigenvalue weighted by Gasteiger charge is -2.22. The number of ether oxygens (including phenoxy) is 3. The molecule has 0 aliphatic heterocycles. The van der Waals surface area contributed by atoms with Crippen molar-refractivity contribution in [3.8, 4) is 5.75 Å². The number of anilines is 2. The van der Waals surface area contributed by atoms with Gasteiger partial charge >= 0.3 is 11.0 Å². The lowest BCUT2D eigenvalue weighted by atomic mass is 9.94. The first-order valence-corrected chi connectivity index (χ1v) is 11.8. The highest BCUT2D eigenvalue weighted by atomic mass is 32.1. The van der Waals surface area contributed by atoms with E-state index in [1.807, 2.05) is 6.07 Å². The van der Waals surface area contributed by atoms with Gasteiger partial charge in [-0.2, -0.15) is 0 Å². The molecule has 9 nitrogen and oxygen atoms in total. The first kappa shape index (κ1) is 20.7. The fourth-order valence-electron chi connectivity index (χ4n) is 3.93. The van der Waals surface area contributed by atoms with Crippen LogP contribution in [0, 0.1) is 0 Å². The van der Waals surface area contributed by atoms with Gasteiger partial charge in [0.25, 0.3) is 0 Å². The minimum atomic E-state index is -0.626. The second kappa shape index (κ2) is 8.40. The minimum Gasteiger partial charge on any atom is -0.494 e. The quantitative estimate of drug-likeness (QED) is 0.411. The summed E-state index contributed by atoms with van der Waals surface area (Å²) in [6.45, 7) is 2.04. The Morgan fingerprint density at radius 2 is 2.19 bits per heavy atom. The van der Waals surface area contributed by atoms with Gasteiger partial charge in [-0.1, -0.05) is 11.3 Å². The molecular formula is C21H20N4O5S2. The predicted molar refractivity (Wildman–Crippen MR) is 124 cm³/mol. The molecule has 0 amide bonds. The number of benzene rings is 1. The predicted octanol–water partition coefficient (Wildman–Crippen LogP) is 4.38. The fraction of sp³-hybridized carbons (Fsp3) is 0.333. The zero-order valence-electron chi connectivity index (χ0n) is 17.4. The van der Waals surface area contributed by atoms with Crippen molar-refractivity contribution in [2.45, 2.75) is 32.3 Å². The Labute approximate surface area is 190 Å². The van der Waals surface area contributed by atoms with E-state index in [0.29, 0.717) is 31.0 Å². The minimum absolute atomic E-state index is 0.116. The van der Waals surface area contributed by atoms with Gasteiger partial charge in [-0.25, -0.2) is 14.8 Å². The maximum absolute atomic E-state index is 11.7. The molecule has 0 radical (unpaired) electrons. The van der Waals surface area contributed by atoms with Crippen molar-refractivity contribution in [1.82, 2.24) is 15.0 Å². The molecule has 3 heterocycles. The third-order valence-electron chi connectivity index (χ3n) is 5.32. The molecule has 3 aromatic heterocycles. The van der Waals surface area contributed by atoms with Crippen molar-refractivity contribution in [1.29, 1.82) is 0 Å². The summed E-state index contributed by atoms with van der Waals surface area (Å²) >= 11 is 2.73. The second-order valence-corrected chi connectivity index (χ2v) is 9.36. The third kappa shape index (κ3) is 3.78. The summed E-state index contributed by atoms with van der Waals surface area (Å²) in [5, 5.41) is 4.34. The van der Waals surface area contributed by atoms with Gasteiger partial charge in [0.2, 0.25) is 0 Å². The van der Waals surface area contributed by atoms with Gasteiger partial charge < -0.3 is 24.5 Å². The molecule has 0 spiro atoms. The number of thiazole rings is 1. The maximum atomic E-state index is 11.7. The van der Waals surface area contributed by atoms with E-state index < -0.39 is 6.16 Å². The van der Waals surface area contributed by atoms with Crippen LogP contribution in [0.5, 0.6) is 5.75 Å². The SMILES string of the molecule is CCOC(=O)OC1CCc2c(sc3ncnc(Nc4cc5sc(=O)[nH]c5cc4OC)c23)C1. The molecule has 2 N–H and O–H groups in total. The van der Waals surface area contributed by atoms with Crippen LogP contribution in [0.25, 0.3) is 20.4 Å². The number of aromatic amines is 1. The molecule has 0 fully saturated rings. The Morgan fingerprint density at radius 3 is 3.00 bits per heavy atom. The molecule has 11 heteroatoms. The monoisotopic (exact) mass is 472 g/mol. The summed E-state index contributed by atoms with van der Waals surface area (Å²) in [5.41, 5.74) is 2.62. The van der Waals surface area contributed by atoms with Crippen LogP contribution >= 0.6 is 22.7 Å². The first-order valence-electron chi connectivity index (χ1n) is 10.1. The number of carbonyl (C=O) groups excluding carboxylic acids is 1. The molecule has 0 bridgehead atoms. The molecule has 1 aromatic carbocycles. The van der Waals surface area contributed by atoms with E-state index in [1.165, 1.54) is 11.9 Å². The standard InChI is InChI=1S/C21H20N4O5S2/c1-3-29-21(27)30-10-4-5-11-15(6-10)31-19-17(11)18(22-9-23-19)24-12-8-16-13(7-14(12)28-2)25-20(26)32-16/h7-10H,3-6H2,1-2H3,(H,25,26)(H,22,23,24). The number of nitrogens with zero attached hydrogens (tertiary/aromatic N) is 2. The zero-order chi connectivity index (χ0) is 22.2. The van der Waals surface area contributed by atoms with Crippen molar-refractivity contribution in [3.05, 3.63) is 38.6 Å². The van der Waals surface area contributed by atoms with E-state index in [4.69, 9.17) is 14.2 Å². The Bertz CT molecular complexity index is 1380. The highest BCUT2D eigenvalue weighted by Gasteiger charge is 2.28. The largest absolute Gasteiger partial charge is 0.508 e. The summed E-state index contributed by atoms with van der Waals surface area (Å²) in [6.07, 6.45) is 2.77. The van der Waals surface area contributed by atoms with Crippen LogP contribution in [-0.4, -0.2) is 40.9 Å². The van der Waals surface area contributed by atoms with Gasteiger partial charge in [0, 0.05) is 17.4 Å². The Kier molecular flexibility index (Phi) is 5.43. The van der Waals surface area contributed by atoms with E-state index in [0.717, 1.165) is 48.8 Å². The van der Waals surface area contributed by atoms with E-state index in [-0.39, 0.29) is 11.0 Å². The smallest absolute Gasteiger partial charge is 0.494 e. The number of carbonyl (C=O) groups is 1. The summed E-state index contributed by atoms with van der Waals surface area (Å²) in [5.74, 6) is 1.28. The number of aryl methyl sites for hydroxylation is 1. The van der Waals surface area contributed by atoms with Gasteiger partial charge in [0.15, 0.2) is 0 Å². The van der Waals surface area contributed by atoms with Crippen molar-refractivity contribution in [3.63, 3.8) is 0 Å². The lowest BCUT2D eigenvalue weighted by molar-refractivity contribution is 0.0223. The van der Waals surface area contributed by atoms with E-state index in [2.05, 4.69) is 20.3 Å². The van der Waals surface area contributed by atoms with Crippen molar-refractivity contribution < 1.29 is 19.0 Å². The van der Waals surface area contributed by atoms with E-state index in [9.17, 15) is 9.59 Å². The number of thiophene rings is 1. The van der Waals surface area contributed by atoms with Crippen LogP contribution in [-0.2, 0) is 22.3 Å². The number of hydrogen-bond donors (Lipinski definition) is 2. The molecule has 1 atom stereocenters. The van der Waals surface area contributed by atoms with Crippen LogP contribution in [0.4, 0.5) is 16.3 Å². The molecule has 1 aliphatic carbocycles. The number of nitrogens with one attached hydrogen (secondary N) is 2. The third-order valence-corrected chi connectivity index (χ3v) is 7.33. The van der Waals surface area contributed by atoms with Crippen LogP contribution in [0.15, 0.2) is 23.3 Å². The number of hydrogen-bond acceptors (Lipinski definition) is 10. The van der Waals surface area contributed by atoms with Crippen LogP contribution in [0.1, 0.15) is 23.8 Å². The normalized spacial score (nSPS) is 15.5. The number of rotatable bonds is 5. The van der Waals surface area contributed by atoms with Crippen LogP contribution in [0.3, 0.4) is 0 Å². The molecule has 166 valence electrons.